The van der Waals surface area contributed by atoms with Gasteiger partial charge in [-0.15, -0.1) is 0 Å². The second-order valence-electron chi connectivity index (χ2n) is 6.20. The summed E-state index contributed by atoms with van der Waals surface area (Å²) in [7, 11) is 0. The van der Waals surface area contributed by atoms with Crippen LogP contribution in [0.2, 0.25) is 0 Å². The van der Waals surface area contributed by atoms with Crippen LogP contribution in [0.15, 0.2) is 24.3 Å². The van der Waals surface area contributed by atoms with Crippen LogP contribution < -0.4 is 5.32 Å². The minimum absolute atomic E-state index is 0.252. The number of aryl methyl sites for hydroxylation is 2. The fraction of sp³-hybridized carbons (Fsp3) is 0.647. The van der Waals surface area contributed by atoms with Gasteiger partial charge in [-0.1, -0.05) is 37.6 Å². The van der Waals surface area contributed by atoms with E-state index in [1.165, 1.54) is 43.2 Å². The predicted octanol–water partition coefficient (Wildman–Crippen LogP) is 4.35. The van der Waals surface area contributed by atoms with E-state index in [0.717, 1.165) is 6.54 Å². The van der Waals surface area contributed by atoms with Crippen molar-refractivity contribution in [3.63, 3.8) is 0 Å². The van der Waals surface area contributed by atoms with Gasteiger partial charge in [-0.05, 0) is 64.1 Å². The monoisotopic (exact) mass is 247 g/mol. The average Bonchev–Trinajstić information content (AvgIpc) is 2.30. The van der Waals surface area contributed by atoms with Crippen molar-refractivity contribution in [1.29, 1.82) is 0 Å². The SMILES string of the molecule is CCCc1ccc(CCCCNC(C)(C)C)cc1. The number of nitrogens with one attached hydrogen (secondary N) is 1. The number of hydrogen-bond donors (Lipinski definition) is 1. The highest BCUT2D eigenvalue weighted by atomic mass is 14.9. The summed E-state index contributed by atoms with van der Waals surface area (Å²) in [5.74, 6) is 0. The molecule has 0 fully saturated rings. The summed E-state index contributed by atoms with van der Waals surface area (Å²) < 4.78 is 0. The molecule has 18 heavy (non-hydrogen) atoms. The lowest BCUT2D eigenvalue weighted by Crippen LogP contribution is -2.36. The first-order chi connectivity index (χ1) is 8.51. The molecule has 0 aliphatic rings. The van der Waals surface area contributed by atoms with E-state index in [1.807, 2.05) is 0 Å². The second-order valence-corrected chi connectivity index (χ2v) is 6.20. The number of benzene rings is 1. The molecule has 1 aromatic carbocycles. The van der Waals surface area contributed by atoms with Gasteiger partial charge in [-0.2, -0.15) is 0 Å². The molecule has 0 spiro atoms. The third kappa shape index (κ3) is 6.80. The molecule has 0 bridgehead atoms. The molecule has 0 saturated carbocycles. The first-order valence-electron chi connectivity index (χ1n) is 7.34. The number of hydrogen-bond acceptors (Lipinski definition) is 1. The molecule has 0 aliphatic heterocycles. The molecule has 1 heteroatoms. The van der Waals surface area contributed by atoms with E-state index < -0.39 is 0 Å². The molecule has 1 nitrogen and oxygen atoms in total. The number of rotatable bonds is 7. The summed E-state index contributed by atoms with van der Waals surface area (Å²) in [6.45, 7) is 10.0. The van der Waals surface area contributed by atoms with E-state index in [1.54, 1.807) is 0 Å². The van der Waals surface area contributed by atoms with Crippen LogP contribution in [0.4, 0.5) is 0 Å². The van der Waals surface area contributed by atoms with Gasteiger partial charge in [0, 0.05) is 5.54 Å². The summed E-state index contributed by atoms with van der Waals surface area (Å²) in [5.41, 5.74) is 3.20. The van der Waals surface area contributed by atoms with Crippen molar-refractivity contribution in [3.05, 3.63) is 35.4 Å². The fourth-order valence-electron chi connectivity index (χ4n) is 2.08. The van der Waals surface area contributed by atoms with Crippen molar-refractivity contribution >= 4 is 0 Å². The maximum atomic E-state index is 3.53. The van der Waals surface area contributed by atoms with Crippen molar-refractivity contribution in [3.8, 4) is 0 Å². The molecule has 0 aliphatic carbocycles. The quantitative estimate of drug-likeness (QED) is 0.706. The molecular formula is C17H29N. The molecule has 0 amide bonds. The van der Waals surface area contributed by atoms with E-state index in [4.69, 9.17) is 0 Å². The molecule has 1 N–H and O–H groups in total. The van der Waals surface area contributed by atoms with Gasteiger partial charge in [0.2, 0.25) is 0 Å². The molecule has 0 aromatic heterocycles. The topological polar surface area (TPSA) is 12.0 Å². The molecule has 0 saturated heterocycles. The van der Waals surface area contributed by atoms with Gasteiger partial charge in [0.15, 0.2) is 0 Å². The molecule has 1 rings (SSSR count). The molecular weight excluding hydrogens is 218 g/mol. The van der Waals surface area contributed by atoms with Crippen LogP contribution in [0.3, 0.4) is 0 Å². The van der Waals surface area contributed by atoms with Crippen LogP contribution in [0.1, 0.15) is 58.1 Å². The highest BCUT2D eigenvalue weighted by Gasteiger charge is 2.06. The van der Waals surface area contributed by atoms with Crippen LogP contribution in [0, 0.1) is 0 Å². The average molecular weight is 247 g/mol. The van der Waals surface area contributed by atoms with Gasteiger partial charge < -0.3 is 5.32 Å². The van der Waals surface area contributed by atoms with Crippen molar-refractivity contribution in [2.45, 2.75) is 65.3 Å². The molecule has 0 atom stereocenters. The van der Waals surface area contributed by atoms with Gasteiger partial charge in [-0.25, -0.2) is 0 Å². The summed E-state index contributed by atoms with van der Waals surface area (Å²) >= 11 is 0. The standard InChI is InChI=1S/C17H29N/c1-5-8-15-10-12-16(13-11-15)9-6-7-14-18-17(2,3)4/h10-13,18H,5-9,14H2,1-4H3. The Hall–Kier alpha value is -0.820. The second kappa shape index (κ2) is 7.58. The first kappa shape index (κ1) is 15.2. The smallest absolute Gasteiger partial charge is 0.00965 e. The van der Waals surface area contributed by atoms with Crippen molar-refractivity contribution < 1.29 is 0 Å². The van der Waals surface area contributed by atoms with Gasteiger partial charge in [-0.3, -0.25) is 0 Å². The maximum Gasteiger partial charge on any atom is 0.00965 e. The van der Waals surface area contributed by atoms with Crippen molar-refractivity contribution in [1.82, 2.24) is 5.32 Å². The Labute approximate surface area is 113 Å². The van der Waals surface area contributed by atoms with E-state index >= 15 is 0 Å². The lowest BCUT2D eigenvalue weighted by Gasteiger charge is -2.20. The van der Waals surface area contributed by atoms with Crippen molar-refractivity contribution in [2.75, 3.05) is 6.54 Å². The third-order valence-corrected chi connectivity index (χ3v) is 3.11. The van der Waals surface area contributed by atoms with Crippen LogP contribution in [0.5, 0.6) is 0 Å². The zero-order valence-corrected chi connectivity index (χ0v) is 12.6. The minimum atomic E-state index is 0.252. The third-order valence-electron chi connectivity index (χ3n) is 3.11. The normalized spacial score (nSPS) is 11.8. The Morgan fingerprint density at radius 1 is 0.889 bits per heavy atom. The summed E-state index contributed by atoms with van der Waals surface area (Å²) in [6, 6.07) is 9.16. The van der Waals surface area contributed by atoms with Gasteiger partial charge in [0.1, 0.15) is 0 Å². The van der Waals surface area contributed by atoms with E-state index in [0.29, 0.717) is 0 Å². The van der Waals surface area contributed by atoms with Gasteiger partial charge in [0.25, 0.3) is 0 Å². The maximum absolute atomic E-state index is 3.53. The molecule has 102 valence electrons. The highest BCUT2D eigenvalue weighted by molar-refractivity contribution is 5.22. The number of unbranched alkanes of at least 4 members (excludes halogenated alkanes) is 1. The van der Waals surface area contributed by atoms with Gasteiger partial charge >= 0.3 is 0 Å². The summed E-state index contributed by atoms with van der Waals surface area (Å²) in [4.78, 5) is 0. The van der Waals surface area contributed by atoms with Crippen molar-refractivity contribution in [2.24, 2.45) is 0 Å². The van der Waals surface area contributed by atoms with E-state index in [9.17, 15) is 0 Å². The zero-order valence-electron chi connectivity index (χ0n) is 12.6. The Kier molecular flexibility index (Phi) is 6.42. The Balaban J connectivity index is 2.19. The first-order valence-corrected chi connectivity index (χ1v) is 7.34. The predicted molar refractivity (Wildman–Crippen MR) is 81.1 cm³/mol. The zero-order chi connectivity index (χ0) is 13.4. The largest absolute Gasteiger partial charge is 0.312 e. The molecule has 1 aromatic rings. The van der Waals surface area contributed by atoms with Crippen LogP contribution in [0.25, 0.3) is 0 Å². The fourth-order valence-corrected chi connectivity index (χ4v) is 2.08. The molecule has 0 heterocycles. The summed E-state index contributed by atoms with van der Waals surface area (Å²) in [6.07, 6.45) is 6.18. The van der Waals surface area contributed by atoms with Crippen LogP contribution in [-0.4, -0.2) is 12.1 Å². The lowest BCUT2D eigenvalue weighted by atomic mass is 10.0. The molecule has 0 unspecified atom stereocenters. The highest BCUT2D eigenvalue weighted by Crippen LogP contribution is 2.09. The van der Waals surface area contributed by atoms with E-state index in [2.05, 4.69) is 57.3 Å². The lowest BCUT2D eigenvalue weighted by molar-refractivity contribution is 0.419. The Morgan fingerprint density at radius 2 is 1.44 bits per heavy atom. The van der Waals surface area contributed by atoms with E-state index in [-0.39, 0.29) is 5.54 Å². The van der Waals surface area contributed by atoms with Gasteiger partial charge in [0.05, 0.1) is 0 Å². The minimum Gasteiger partial charge on any atom is -0.312 e. The summed E-state index contributed by atoms with van der Waals surface area (Å²) in [5, 5.41) is 3.53. The Bertz CT molecular complexity index is 318. The molecule has 0 radical (unpaired) electrons. The Morgan fingerprint density at radius 3 is 1.94 bits per heavy atom. The van der Waals surface area contributed by atoms with Crippen LogP contribution in [-0.2, 0) is 12.8 Å². The van der Waals surface area contributed by atoms with Crippen LogP contribution >= 0.6 is 0 Å².